The molecule has 0 aliphatic carbocycles. The van der Waals surface area contributed by atoms with Crippen molar-refractivity contribution in [2.24, 2.45) is 10.1 Å². The standard InChI is InChI=1S/C26H26N4O3S3/c1-19-3-5-21(6-4-19)24-18-35-26(30(24)27-17-25-20(2)11-16-34-25)28-22-7-9-23(10-8-22)36(31,32)29-12-14-33-15-13-29/h3-11,16-18H,12-15H2,1-2H3/b27-17+,28-26?. The van der Waals surface area contributed by atoms with Gasteiger partial charge in [-0.25, -0.2) is 18.1 Å². The molecule has 3 heterocycles. The first-order valence-corrected chi connectivity index (χ1v) is 14.7. The van der Waals surface area contributed by atoms with Crippen LogP contribution in [0.5, 0.6) is 0 Å². The number of hydrogen-bond acceptors (Lipinski definition) is 7. The molecular weight excluding hydrogens is 513 g/mol. The van der Waals surface area contributed by atoms with Gasteiger partial charge in [0.2, 0.25) is 14.8 Å². The first-order chi connectivity index (χ1) is 17.4. The zero-order valence-corrected chi connectivity index (χ0v) is 22.4. The van der Waals surface area contributed by atoms with Crippen LogP contribution in [0.3, 0.4) is 0 Å². The number of rotatable bonds is 6. The molecule has 0 saturated carbocycles. The maximum atomic E-state index is 12.9. The van der Waals surface area contributed by atoms with Gasteiger partial charge in [-0.1, -0.05) is 29.8 Å². The smallest absolute Gasteiger partial charge is 0.243 e. The highest BCUT2D eigenvalue weighted by Gasteiger charge is 2.26. The van der Waals surface area contributed by atoms with Crippen LogP contribution in [0, 0.1) is 13.8 Å². The van der Waals surface area contributed by atoms with Crippen LogP contribution >= 0.6 is 22.7 Å². The van der Waals surface area contributed by atoms with E-state index in [0.717, 1.165) is 16.1 Å². The average Bonchev–Trinajstić information content (AvgIpc) is 3.49. The molecule has 0 N–H and O–H groups in total. The van der Waals surface area contributed by atoms with E-state index in [-0.39, 0.29) is 4.90 Å². The Hall–Kier alpha value is -2.89. The van der Waals surface area contributed by atoms with E-state index in [2.05, 4.69) is 44.2 Å². The molecule has 1 saturated heterocycles. The monoisotopic (exact) mass is 538 g/mol. The Balaban J connectivity index is 1.52. The maximum Gasteiger partial charge on any atom is 0.243 e. The normalized spacial score (nSPS) is 15.7. The van der Waals surface area contributed by atoms with Crippen molar-refractivity contribution in [1.29, 1.82) is 0 Å². The highest BCUT2D eigenvalue weighted by Crippen LogP contribution is 2.23. The molecule has 0 spiro atoms. The van der Waals surface area contributed by atoms with E-state index in [9.17, 15) is 8.42 Å². The van der Waals surface area contributed by atoms with E-state index in [0.29, 0.717) is 36.8 Å². The van der Waals surface area contributed by atoms with Crippen LogP contribution in [0.1, 0.15) is 16.0 Å². The number of nitrogens with zero attached hydrogens (tertiary/aromatic N) is 4. The predicted molar refractivity (Wildman–Crippen MR) is 146 cm³/mol. The number of morpholine rings is 1. The lowest BCUT2D eigenvalue weighted by Crippen LogP contribution is -2.40. The Morgan fingerprint density at radius 2 is 1.67 bits per heavy atom. The summed E-state index contributed by atoms with van der Waals surface area (Å²) in [6, 6.07) is 17.1. The number of sulfonamides is 1. The Kier molecular flexibility index (Phi) is 7.31. The molecule has 2 aromatic carbocycles. The van der Waals surface area contributed by atoms with Crippen LogP contribution in [0.25, 0.3) is 11.3 Å². The van der Waals surface area contributed by atoms with Gasteiger partial charge in [-0.05, 0) is 55.1 Å². The third-order valence-electron chi connectivity index (χ3n) is 5.89. The van der Waals surface area contributed by atoms with Crippen LogP contribution in [-0.2, 0) is 14.8 Å². The van der Waals surface area contributed by atoms with Gasteiger partial charge in [0.1, 0.15) is 0 Å². The van der Waals surface area contributed by atoms with Crippen molar-refractivity contribution in [2.45, 2.75) is 18.7 Å². The Bertz CT molecular complexity index is 1540. The SMILES string of the molecule is Cc1ccc(-c2csc(=Nc3ccc(S(=O)(=O)N4CCOCC4)cc3)n2/N=C/c2sccc2C)cc1. The summed E-state index contributed by atoms with van der Waals surface area (Å²) < 4.78 is 34.5. The largest absolute Gasteiger partial charge is 0.379 e. The molecule has 4 aromatic rings. The van der Waals surface area contributed by atoms with Crippen molar-refractivity contribution in [3.8, 4) is 11.3 Å². The number of thiazole rings is 1. The fourth-order valence-electron chi connectivity index (χ4n) is 3.78. The van der Waals surface area contributed by atoms with Gasteiger partial charge in [-0.2, -0.15) is 9.41 Å². The minimum Gasteiger partial charge on any atom is -0.379 e. The van der Waals surface area contributed by atoms with Crippen LogP contribution in [0.15, 0.2) is 80.3 Å². The summed E-state index contributed by atoms with van der Waals surface area (Å²) in [6.45, 7) is 5.70. The average molecular weight is 539 g/mol. The van der Waals surface area contributed by atoms with Gasteiger partial charge in [0, 0.05) is 24.0 Å². The fourth-order valence-corrected chi connectivity index (χ4v) is 6.82. The lowest BCUT2D eigenvalue weighted by molar-refractivity contribution is 0.0730. The minimum absolute atomic E-state index is 0.258. The van der Waals surface area contributed by atoms with Crippen molar-refractivity contribution < 1.29 is 13.2 Å². The number of aryl methyl sites for hydroxylation is 2. The Morgan fingerprint density at radius 1 is 0.944 bits per heavy atom. The molecule has 186 valence electrons. The molecule has 0 bridgehead atoms. The number of thiophene rings is 1. The molecule has 1 fully saturated rings. The highest BCUT2D eigenvalue weighted by molar-refractivity contribution is 7.89. The molecule has 10 heteroatoms. The summed E-state index contributed by atoms with van der Waals surface area (Å²) in [4.78, 5) is 6.85. The van der Waals surface area contributed by atoms with Gasteiger partial charge < -0.3 is 4.74 Å². The summed E-state index contributed by atoms with van der Waals surface area (Å²) in [5.41, 5.74) is 5.01. The second-order valence-electron chi connectivity index (χ2n) is 8.42. The number of hydrogen-bond donors (Lipinski definition) is 0. The van der Waals surface area contributed by atoms with Gasteiger partial charge in [-0.3, -0.25) is 0 Å². The lowest BCUT2D eigenvalue weighted by atomic mass is 10.1. The van der Waals surface area contributed by atoms with Gasteiger partial charge in [-0.15, -0.1) is 22.7 Å². The summed E-state index contributed by atoms with van der Waals surface area (Å²) in [6.07, 6.45) is 1.86. The van der Waals surface area contributed by atoms with Crippen LogP contribution in [-0.4, -0.2) is 49.9 Å². The zero-order valence-electron chi connectivity index (χ0n) is 20.0. The number of benzene rings is 2. The summed E-state index contributed by atoms with van der Waals surface area (Å²) >= 11 is 3.13. The summed E-state index contributed by atoms with van der Waals surface area (Å²) in [5, 5.41) is 8.88. The zero-order chi connectivity index (χ0) is 25.1. The third-order valence-corrected chi connectivity index (χ3v) is 9.58. The molecule has 2 aromatic heterocycles. The predicted octanol–water partition coefficient (Wildman–Crippen LogP) is 5.03. The van der Waals surface area contributed by atoms with Gasteiger partial charge in [0.05, 0.1) is 40.6 Å². The quantitative estimate of drug-likeness (QED) is 0.323. The lowest BCUT2D eigenvalue weighted by Gasteiger charge is -2.26. The van der Waals surface area contributed by atoms with Gasteiger partial charge in [0.15, 0.2) is 0 Å². The summed E-state index contributed by atoms with van der Waals surface area (Å²) in [7, 11) is -3.55. The molecule has 0 atom stereocenters. The molecule has 36 heavy (non-hydrogen) atoms. The maximum absolute atomic E-state index is 12.9. The van der Waals surface area contributed by atoms with Crippen molar-refractivity contribution >= 4 is 44.6 Å². The summed E-state index contributed by atoms with van der Waals surface area (Å²) in [5.74, 6) is 0. The Labute approximate surface area is 218 Å². The number of ether oxygens (including phenoxy) is 1. The molecule has 1 aliphatic heterocycles. The van der Waals surface area contributed by atoms with Crippen molar-refractivity contribution in [3.05, 3.63) is 86.2 Å². The van der Waals surface area contributed by atoms with Crippen molar-refractivity contribution in [3.63, 3.8) is 0 Å². The van der Waals surface area contributed by atoms with Crippen molar-refractivity contribution in [2.75, 3.05) is 26.3 Å². The molecular formula is C26H26N4O3S3. The second kappa shape index (κ2) is 10.6. The fraction of sp³-hybridized carbons (Fsp3) is 0.231. The van der Waals surface area contributed by atoms with Crippen LogP contribution in [0.2, 0.25) is 0 Å². The van der Waals surface area contributed by atoms with Crippen molar-refractivity contribution in [1.82, 2.24) is 8.98 Å². The first kappa shape index (κ1) is 24.8. The Morgan fingerprint density at radius 3 is 2.33 bits per heavy atom. The van der Waals surface area contributed by atoms with Crippen LogP contribution < -0.4 is 4.80 Å². The van der Waals surface area contributed by atoms with Gasteiger partial charge >= 0.3 is 0 Å². The molecule has 5 rings (SSSR count). The van der Waals surface area contributed by atoms with E-state index in [1.54, 1.807) is 35.6 Å². The molecule has 0 radical (unpaired) electrons. The third kappa shape index (κ3) is 5.28. The number of aromatic nitrogens is 1. The first-order valence-electron chi connectivity index (χ1n) is 11.5. The van der Waals surface area contributed by atoms with E-state index in [1.165, 1.54) is 26.8 Å². The molecule has 0 unspecified atom stereocenters. The van der Waals surface area contributed by atoms with Crippen LogP contribution in [0.4, 0.5) is 5.69 Å². The molecule has 1 aliphatic rings. The molecule has 7 nitrogen and oxygen atoms in total. The highest BCUT2D eigenvalue weighted by atomic mass is 32.2. The minimum atomic E-state index is -3.55. The second-order valence-corrected chi connectivity index (χ2v) is 12.1. The van der Waals surface area contributed by atoms with E-state index < -0.39 is 10.0 Å². The van der Waals surface area contributed by atoms with E-state index in [1.807, 2.05) is 21.7 Å². The van der Waals surface area contributed by atoms with Gasteiger partial charge in [0.25, 0.3) is 0 Å². The van der Waals surface area contributed by atoms with E-state index >= 15 is 0 Å². The molecule has 0 amide bonds. The van der Waals surface area contributed by atoms with E-state index in [4.69, 9.17) is 14.8 Å². The topological polar surface area (TPSA) is 76.3 Å².